The maximum absolute atomic E-state index is 11.8. The van der Waals surface area contributed by atoms with Crippen LogP contribution in [0.1, 0.15) is 174 Å². The van der Waals surface area contributed by atoms with E-state index in [1.165, 1.54) is 119 Å². The molecule has 31 heteroatoms. The monoisotopic (exact) mass is 1950 g/mol. The number of ether oxygens (including phenoxy) is 1. The van der Waals surface area contributed by atoms with Gasteiger partial charge in [0, 0.05) is 81.5 Å². The average molecular weight is 1950 g/mol. The van der Waals surface area contributed by atoms with Gasteiger partial charge in [0.15, 0.2) is 28.5 Å². The van der Waals surface area contributed by atoms with Crippen molar-refractivity contribution in [2.24, 2.45) is 52.3 Å². The fourth-order valence-corrected chi connectivity index (χ4v) is 26.6. The molecule has 15 heterocycles. The molecule has 22 nitrogen and oxygen atoms in total. The van der Waals surface area contributed by atoms with Crippen LogP contribution in [0.15, 0.2) is 156 Å². The molecule has 5 fully saturated rings. The van der Waals surface area contributed by atoms with Crippen molar-refractivity contribution in [2.45, 2.75) is 136 Å². The highest BCUT2D eigenvalue weighted by Gasteiger charge is 2.29. The van der Waals surface area contributed by atoms with Gasteiger partial charge in [0.2, 0.25) is 0 Å². The van der Waals surface area contributed by atoms with Crippen LogP contribution in [-0.4, -0.2) is 141 Å². The summed E-state index contributed by atoms with van der Waals surface area (Å²) in [6.45, 7) is 11.0. The van der Waals surface area contributed by atoms with E-state index in [0.29, 0.717) is 29.7 Å². The summed E-state index contributed by atoms with van der Waals surface area (Å²) in [6.07, 6.45) is 17.7. The second kappa shape index (κ2) is 43.6. The molecule has 130 heavy (non-hydrogen) atoms. The van der Waals surface area contributed by atoms with E-state index in [1.54, 1.807) is 45.3 Å². The SMILES string of the molecule is Cc1ccc(-c2cc3c(CC4CCCCN4)nnc(C(N)=O)c3s2)cc1.Cc1ccc(-c2cc3c(CC4CCCSC4)nnc(C(N)=O)c3s2)cc1.Cc1ccc(-c2cc3c(CC4CCCSC4)nnc(C(N)=O)c3s2)cc1.Cc1ccc(-c2cc3c(CC4CCCSC4)nnc(C(N)=O)c3s2)cc1.NC(=O)c1nnc(CC2CCCOC2)c2cc(-c3ccc(Br)cc3)sc12. The minimum atomic E-state index is -0.542. The molecule has 11 N–H and O–H groups in total. The predicted octanol–water partition coefficient (Wildman–Crippen LogP) is 21.0. The Morgan fingerprint density at radius 3 is 0.854 bits per heavy atom. The quantitative estimate of drug-likeness (QED) is 0.0413. The van der Waals surface area contributed by atoms with Crippen LogP contribution in [0.4, 0.5) is 0 Å². The minimum Gasteiger partial charge on any atom is -0.381 e. The lowest BCUT2D eigenvalue weighted by Gasteiger charge is -2.23. The highest BCUT2D eigenvalue weighted by Crippen LogP contribution is 2.44. The van der Waals surface area contributed by atoms with Gasteiger partial charge in [0.1, 0.15) is 0 Å². The number of nitrogens with two attached hydrogens (primary N) is 5. The number of nitrogens with zero attached hydrogens (tertiary/aromatic N) is 10. The van der Waals surface area contributed by atoms with Crippen molar-refractivity contribution in [2.75, 3.05) is 54.3 Å². The Bertz CT molecular complexity index is 5640. The van der Waals surface area contributed by atoms with Gasteiger partial charge in [-0.25, -0.2) is 0 Å². The second-order valence-corrected chi connectivity index (χ2v) is 43.7. The Balaban J connectivity index is 0.000000119. The molecule has 0 aliphatic carbocycles. The van der Waals surface area contributed by atoms with Gasteiger partial charge in [0.05, 0.1) is 52.0 Å². The number of fused-ring (bicyclic) bond motifs is 5. The second-order valence-electron chi connectivity index (χ2n) is 34.0. The van der Waals surface area contributed by atoms with E-state index in [0.717, 1.165) is 207 Å². The predicted molar refractivity (Wildman–Crippen MR) is 541 cm³/mol. The third-order valence-electron chi connectivity index (χ3n) is 24.1. The number of rotatable bonds is 20. The molecule has 15 aromatic rings. The normalized spacial score (nSPS) is 17.5. The number of primary amides is 5. The van der Waals surface area contributed by atoms with Gasteiger partial charge in [-0.1, -0.05) is 154 Å². The Morgan fingerprint density at radius 2 is 0.608 bits per heavy atom. The summed E-state index contributed by atoms with van der Waals surface area (Å²) in [5.74, 6) is 7.03. The number of aryl methyl sites for hydroxylation is 4. The first kappa shape index (κ1) is 93.3. The number of hydrogen-bond acceptors (Lipinski definition) is 25. The van der Waals surface area contributed by atoms with Crippen LogP contribution in [0.3, 0.4) is 0 Å². The number of hydrogen-bond donors (Lipinski definition) is 6. The first-order valence-electron chi connectivity index (χ1n) is 44.1. The largest absolute Gasteiger partial charge is 0.381 e. The molecule has 10 aromatic heterocycles. The van der Waals surface area contributed by atoms with Gasteiger partial charge >= 0.3 is 0 Å². The van der Waals surface area contributed by atoms with Crippen molar-refractivity contribution >= 4 is 188 Å². The van der Waals surface area contributed by atoms with Crippen LogP contribution >= 0.6 is 108 Å². The maximum atomic E-state index is 11.8. The highest BCUT2D eigenvalue weighted by molar-refractivity contribution is 9.10. The van der Waals surface area contributed by atoms with Crippen LogP contribution in [-0.2, 0) is 36.8 Å². The molecule has 5 atom stereocenters. The molecule has 5 aromatic carbocycles. The number of piperidine rings is 1. The van der Waals surface area contributed by atoms with E-state index < -0.39 is 29.5 Å². The summed E-state index contributed by atoms with van der Waals surface area (Å²) < 4.78 is 10.9. The first-order chi connectivity index (χ1) is 63.1. The molecule has 5 aliphatic heterocycles. The Labute approximate surface area is 796 Å². The third-order valence-corrected chi connectivity index (χ3v) is 34.4. The van der Waals surface area contributed by atoms with E-state index in [4.69, 9.17) is 33.4 Å². The molecule has 670 valence electrons. The summed E-state index contributed by atoms with van der Waals surface area (Å²) in [6, 6.07) is 52.9. The number of thioether (sulfide) groups is 3. The van der Waals surface area contributed by atoms with Crippen LogP contribution < -0.4 is 34.0 Å². The van der Waals surface area contributed by atoms with E-state index in [1.807, 2.05) is 59.6 Å². The van der Waals surface area contributed by atoms with Crippen molar-refractivity contribution < 1.29 is 28.7 Å². The number of carbonyl (C=O) groups is 5. The summed E-state index contributed by atoms with van der Waals surface area (Å²) in [5.41, 5.74) is 44.5. The Morgan fingerprint density at radius 1 is 0.338 bits per heavy atom. The smallest absolute Gasteiger partial charge is 0.270 e. The summed E-state index contributed by atoms with van der Waals surface area (Å²) in [5, 5.41) is 51.3. The topological polar surface area (TPSA) is 366 Å². The standard InChI is InChI=1S/C20H22N4OS.3C20H21N3OS2.C19H18BrN3O2S/c1-12-5-7-13(8-6-12)17-11-15-16(10-14-4-2-3-9-22-14)23-24-18(20(21)25)19(15)26-17;3*1-12-4-6-14(7-5-12)17-10-15-16(9-13-3-2-8-25-11-13)22-23-18(20(21)24)19(15)26-17;20-13-5-3-12(4-6-13)16-9-14-15(8-11-2-1-7-25-10-11)22-23-17(19(21)24)18(14)26-16/h5-8,11,14,22H,2-4,9-10H2,1H3,(H2,21,25);3*4-7,10,13H,2-3,8-9,11H2,1H3,(H2,21,24);3-6,9,11H,1-2,7-8,10H2,(H2,21,24). The van der Waals surface area contributed by atoms with Crippen LogP contribution in [0.5, 0.6) is 0 Å². The van der Waals surface area contributed by atoms with Crippen molar-refractivity contribution in [3.05, 3.63) is 235 Å². The number of benzene rings is 5. The fourth-order valence-electron chi connectivity index (χ4n) is 17.0. The lowest BCUT2D eigenvalue weighted by atomic mass is 9.95. The summed E-state index contributed by atoms with van der Waals surface area (Å²) in [7, 11) is 0. The molecule has 0 bridgehead atoms. The van der Waals surface area contributed by atoms with Crippen molar-refractivity contribution in [1.29, 1.82) is 0 Å². The Hall–Kier alpha value is -9.90. The van der Waals surface area contributed by atoms with Gasteiger partial charge < -0.3 is 38.7 Å². The summed E-state index contributed by atoms with van der Waals surface area (Å²) in [4.78, 5) is 64.7. The third kappa shape index (κ3) is 23.0. The molecule has 20 rings (SSSR count). The zero-order chi connectivity index (χ0) is 90.5. The molecule has 5 unspecified atom stereocenters. The molecule has 0 radical (unpaired) electrons. The van der Waals surface area contributed by atoms with Gasteiger partial charge in [-0.2, -0.15) is 60.8 Å². The zero-order valence-electron chi connectivity index (χ0n) is 73.0. The van der Waals surface area contributed by atoms with Gasteiger partial charge in [-0.05, 0) is 253 Å². The van der Waals surface area contributed by atoms with Crippen molar-refractivity contribution in [3.63, 3.8) is 0 Å². The number of carbonyl (C=O) groups excluding carboxylic acids is 5. The van der Waals surface area contributed by atoms with Crippen molar-refractivity contribution in [1.82, 2.24) is 56.3 Å². The van der Waals surface area contributed by atoms with E-state index >= 15 is 0 Å². The van der Waals surface area contributed by atoms with E-state index in [9.17, 15) is 24.0 Å². The molecular formula is C99H103BrN16O6S8. The molecular weight excluding hydrogens is 1850 g/mol. The van der Waals surface area contributed by atoms with Crippen molar-refractivity contribution in [3.8, 4) is 52.2 Å². The number of halogens is 1. The van der Waals surface area contributed by atoms with Crippen LogP contribution in [0, 0.1) is 51.4 Å². The van der Waals surface area contributed by atoms with E-state index in [2.05, 4.69) is 227 Å². The number of nitrogens with one attached hydrogen (secondary N) is 1. The first-order valence-corrected chi connectivity index (χ1v) is 52.4. The minimum absolute atomic E-state index is 0.247. The Kier molecular flexibility index (Phi) is 31.3. The molecule has 0 spiro atoms. The summed E-state index contributed by atoms with van der Waals surface area (Å²) >= 11 is 17.4. The zero-order valence-corrected chi connectivity index (χ0v) is 81.1. The average Bonchev–Trinajstić information content (AvgIpc) is 1.65. The van der Waals surface area contributed by atoms with E-state index in [-0.39, 0.29) is 28.5 Å². The van der Waals surface area contributed by atoms with Crippen LogP contribution in [0.2, 0.25) is 0 Å². The maximum Gasteiger partial charge on any atom is 0.270 e. The van der Waals surface area contributed by atoms with Gasteiger partial charge in [0.25, 0.3) is 29.5 Å². The van der Waals surface area contributed by atoms with Crippen LogP contribution in [0.25, 0.3) is 103 Å². The molecule has 0 saturated carbocycles. The highest BCUT2D eigenvalue weighted by atomic mass is 79.9. The number of amides is 5. The number of aromatic nitrogens is 10. The lowest BCUT2D eigenvalue weighted by Crippen LogP contribution is -2.36. The molecule has 5 saturated heterocycles. The fraction of sp³-hybridized carbons (Fsp3) is 0.343. The lowest BCUT2D eigenvalue weighted by molar-refractivity contribution is 0.0547. The molecule has 5 aliphatic rings. The molecule has 5 amide bonds. The number of thiophene rings is 5. The van der Waals surface area contributed by atoms with Gasteiger partial charge in [-0.15, -0.1) is 82.2 Å². The van der Waals surface area contributed by atoms with Gasteiger partial charge in [-0.3, -0.25) is 24.0 Å².